The average Bonchev–Trinajstić information content (AvgIpc) is 2.63. The molecule has 1 aromatic heterocycles. The monoisotopic (exact) mass is 316 g/mol. The van der Waals surface area contributed by atoms with Crippen LogP contribution in [0, 0.1) is 6.92 Å². The van der Waals surface area contributed by atoms with E-state index in [-0.39, 0.29) is 0 Å². The molecule has 3 rings (SSSR count). The van der Waals surface area contributed by atoms with Gasteiger partial charge in [0.05, 0.1) is 0 Å². The van der Waals surface area contributed by atoms with Gasteiger partial charge in [-0.25, -0.2) is 9.97 Å². The second-order valence-corrected chi connectivity index (χ2v) is 6.27. The van der Waals surface area contributed by atoms with Crippen LogP contribution in [0.5, 0.6) is 0 Å². The van der Waals surface area contributed by atoms with Crippen LogP contribution in [-0.4, -0.2) is 9.97 Å². The molecular weight excluding hydrogens is 292 g/mol. The molecule has 0 bridgehead atoms. The van der Waals surface area contributed by atoms with Crippen molar-refractivity contribution in [1.82, 2.24) is 9.97 Å². The fraction of sp³-hybridized carbons (Fsp3) is 0.273. The third-order valence-electron chi connectivity index (χ3n) is 4.36. The Balaban J connectivity index is 1.79. The van der Waals surface area contributed by atoms with Crippen LogP contribution in [0.15, 0.2) is 60.9 Å². The topological polar surface area (TPSA) is 25.8 Å². The highest BCUT2D eigenvalue weighted by Crippen LogP contribution is 2.24. The smallest absolute Gasteiger partial charge is 0.159 e. The van der Waals surface area contributed by atoms with Crippen LogP contribution in [0.4, 0.5) is 0 Å². The lowest BCUT2D eigenvalue weighted by molar-refractivity contribution is 0.717. The van der Waals surface area contributed by atoms with E-state index < -0.39 is 0 Å². The van der Waals surface area contributed by atoms with Crippen molar-refractivity contribution in [3.63, 3.8) is 0 Å². The predicted octanol–water partition coefficient (Wildman–Crippen LogP) is 5.85. The SMILES string of the molecule is CCCCCc1ccc(-c2ncc(-c3ccccc3)cn2)c(C)c1. The summed E-state index contributed by atoms with van der Waals surface area (Å²) in [6, 6.07) is 16.9. The van der Waals surface area contributed by atoms with Crippen LogP contribution in [0.1, 0.15) is 37.3 Å². The number of benzene rings is 2. The van der Waals surface area contributed by atoms with E-state index in [4.69, 9.17) is 0 Å². The van der Waals surface area contributed by atoms with Gasteiger partial charge in [0, 0.05) is 23.5 Å². The van der Waals surface area contributed by atoms with Gasteiger partial charge in [0.25, 0.3) is 0 Å². The number of aryl methyl sites for hydroxylation is 2. The second-order valence-electron chi connectivity index (χ2n) is 6.27. The first-order valence-electron chi connectivity index (χ1n) is 8.75. The molecule has 24 heavy (non-hydrogen) atoms. The van der Waals surface area contributed by atoms with Crippen molar-refractivity contribution in [2.75, 3.05) is 0 Å². The van der Waals surface area contributed by atoms with E-state index in [0.717, 1.165) is 28.9 Å². The van der Waals surface area contributed by atoms with Crippen LogP contribution in [0.3, 0.4) is 0 Å². The molecule has 0 unspecified atom stereocenters. The van der Waals surface area contributed by atoms with Crippen molar-refractivity contribution in [1.29, 1.82) is 0 Å². The summed E-state index contributed by atoms with van der Waals surface area (Å²) in [6.07, 6.45) is 8.79. The largest absolute Gasteiger partial charge is 0.236 e. The minimum Gasteiger partial charge on any atom is -0.236 e. The molecule has 3 aromatic rings. The maximum atomic E-state index is 4.58. The molecule has 2 nitrogen and oxygen atoms in total. The van der Waals surface area contributed by atoms with Crippen LogP contribution in [-0.2, 0) is 6.42 Å². The van der Waals surface area contributed by atoms with E-state index in [9.17, 15) is 0 Å². The Kier molecular flexibility index (Phi) is 5.37. The van der Waals surface area contributed by atoms with Gasteiger partial charge in [0.2, 0.25) is 0 Å². The summed E-state index contributed by atoms with van der Waals surface area (Å²) >= 11 is 0. The van der Waals surface area contributed by atoms with Crippen LogP contribution >= 0.6 is 0 Å². The molecule has 0 amide bonds. The summed E-state index contributed by atoms with van der Waals surface area (Å²) in [5, 5.41) is 0. The molecule has 2 heteroatoms. The fourth-order valence-electron chi connectivity index (χ4n) is 2.96. The summed E-state index contributed by atoms with van der Waals surface area (Å²) in [5.74, 6) is 0.798. The molecule has 0 radical (unpaired) electrons. The van der Waals surface area contributed by atoms with Crippen LogP contribution in [0.25, 0.3) is 22.5 Å². The zero-order valence-electron chi connectivity index (χ0n) is 14.5. The molecule has 0 fully saturated rings. The molecule has 0 N–H and O–H groups in total. The summed E-state index contributed by atoms with van der Waals surface area (Å²) in [5.41, 5.74) is 5.97. The normalized spacial score (nSPS) is 10.8. The molecule has 0 spiro atoms. The minimum absolute atomic E-state index is 0.798. The Morgan fingerprint density at radius 2 is 1.58 bits per heavy atom. The highest BCUT2D eigenvalue weighted by atomic mass is 14.9. The van der Waals surface area contributed by atoms with Gasteiger partial charge in [-0.05, 0) is 36.5 Å². The number of unbranched alkanes of at least 4 members (excludes halogenated alkanes) is 2. The van der Waals surface area contributed by atoms with Crippen molar-refractivity contribution in [3.8, 4) is 22.5 Å². The number of hydrogen-bond donors (Lipinski definition) is 0. The van der Waals surface area contributed by atoms with E-state index in [1.54, 1.807) is 0 Å². The third kappa shape index (κ3) is 3.88. The second kappa shape index (κ2) is 7.87. The summed E-state index contributed by atoms with van der Waals surface area (Å²) in [6.45, 7) is 4.39. The molecule has 0 aliphatic carbocycles. The highest BCUT2D eigenvalue weighted by Gasteiger charge is 2.07. The van der Waals surface area contributed by atoms with Gasteiger partial charge in [-0.2, -0.15) is 0 Å². The van der Waals surface area contributed by atoms with E-state index >= 15 is 0 Å². The van der Waals surface area contributed by atoms with Gasteiger partial charge >= 0.3 is 0 Å². The maximum Gasteiger partial charge on any atom is 0.159 e. The van der Waals surface area contributed by atoms with E-state index in [2.05, 4.69) is 54.1 Å². The zero-order chi connectivity index (χ0) is 16.8. The lowest BCUT2D eigenvalue weighted by Gasteiger charge is -2.08. The van der Waals surface area contributed by atoms with Crippen molar-refractivity contribution in [2.45, 2.75) is 39.5 Å². The van der Waals surface area contributed by atoms with E-state index in [1.807, 2.05) is 30.6 Å². The van der Waals surface area contributed by atoms with Gasteiger partial charge in [0.1, 0.15) is 0 Å². The first-order valence-corrected chi connectivity index (χ1v) is 8.75. The number of aromatic nitrogens is 2. The summed E-state index contributed by atoms with van der Waals surface area (Å²) in [7, 11) is 0. The van der Waals surface area contributed by atoms with Gasteiger partial charge in [-0.1, -0.05) is 68.3 Å². The Morgan fingerprint density at radius 3 is 2.25 bits per heavy atom. The quantitative estimate of drug-likeness (QED) is 0.533. The number of hydrogen-bond acceptors (Lipinski definition) is 2. The predicted molar refractivity (Wildman–Crippen MR) is 101 cm³/mol. The van der Waals surface area contributed by atoms with Crippen LogP contribution in [0.2, 0.25) is 0 Å². The van der Waals surface area contributed by atoms with E-state index in [0.29, 0.717) is 0 Å². The number of rotatable bonds is 6. The fourth-order valence-corrected chi connectivity index (χ4v) is 2.96. The molecule has 0 saturated heterocycles. The van der Waals surface area contributed by atoms with Crippen molar-refractivity contribution >= 4 is 0 Å². The van der Waals surface area contributed by atoms with Gasteiger partial charge in [0.15, 0.2) is 5.82 Å². The van der Waals surface area contributed by atoms with Crippen molar-refractivity contribution in [3.05, 3.63) is 72.1 Å². The molecule has 1 heterocycles. The van der Waals surface area contributed by atoms with Crippen LogP contribution < -0.4 is 0 Å². The third-order valence-corrected chi connectivity index (χ3v) is 4.36. The molecule has 0 aliphatic rings. The first kappa shape index (κ1) is 16.4. The minimum atomic E-state index is 0.798. The van der Waals surface area contributed by atoms with Gasteiger partial charge in [-0.3, -0.25) is 0 Å². The molecular formula is C22H24N2. The Hall–Kier alpha value is -2.48. The van der Waals surface area contributed by atoms with E-state index in [1.165, 1.54) is 30.4 Å². The Bertz CT molecular complexity index is 777. The Labute approximate surface area is 144 Å². The molecule has 122 valence electrons. The molecule has 0 aliphatic heterocycles. The molecule has 0 saturated carbocycles. The van der Waals surface area contributed by atoms with Gasteiger partial charge < -0.3 is 0 Å². The Morgan fingerprint density at radius 1 is 0.833 bits per heavy atom. The standard InChI is InChI=1S/C22H24N2/c1-3-4-6-9-18-12-13-21(17(2)14-18)22-23-15-20(16-24-22)19-10-7-5-8-11-19/h5,7-8,10-16H,3-4,6,9H2,1-2H3. The maximum absolute atomic E-state index is 4.58. The lowest BCUT2D eigenvalue weighted by Crippen LogP contribution is -1.94. The average molecular weight is 316 g/mol. The summed E-state index contributed by atoms with van der Waals surface area (Å²) < 4.78 is 0. The number of nitrogens with zero attached hydrogens (tertiary/aromatic N) is 2. The summed E-state index contributed by atoms with van der Waals surface area (Å²) in [4.78, 5) is 9.16. The lowest BCUT2D eigenvalue weighted by atomic mass is 10.0. The highest BCUT2D eigenvalue weighted by molar-refractivity contribution is 5.65. The van der Waals surface area contributed by atoms with Crippen molar-refractivity contribution in [2.24, 2.45) is 0 Å². The van der Waals surface area contributed by atoms with Crippen molar-refractivity contribution < 1.29 is 0 Å². The van der Waals surface area contributed by atoms with Gasteiger partial charge in [-0.15, -0.1) is 0 Å². The zero-order valence-corrected chi connectivity index (χ0v) is 14.5. The molecule has 0 atom stereocenters. The first-order chi connectivity index (χ1) is 11.8. The molecule has 2 aromatic carbocycles.